The summed E-state index contributed by atoms with van der Waals surface area (Å²) in [5.41, 5.74) is 1.78. The lowest BCUT2D eigenvalue weighted by Gasteiger charge is -2.16. The summed E-state index contributed by atoms with van der Waals surface area (Å²) in [6.45, 7) is 1.95. The Kier molecular flexibility index (Phi) is 4.96. The van der Waals surface area contributed by atoms with Gasteiger partial charge in [0.1, 0.15) is 11.5 Å². The molecule has 0 aliphatic rings. The lowest BCUT2D eigenvalue weighted by atomic mass is 10.1. The van der Waals surface area contributed by atoms with E-state index in [0.717, 1.165) is 16.9 Å². The van der Waals surface area contributed by atoms with E-state index in [1.165, 1.54) is 0 Å². The number of hydrogen-bond acceptors (Lipinski definition) is 4. The predicted molar refractivity (Wildman–Crippen MR) is 67.6 cm³/mol. The summed E-state index contributed by atoms with van der Waals surface area (Å²) < 4.78 is 10.5. The summed E-state index contributed by atoms with van der Waals surface area (Å²) in [7, 11) is 3.23. The molecule has 3 nitrogen and oxygen atoms in total. The molecule has 0 saturated heterocycles. The number of aryl methyl sites for hydroxylation is 1. The number of aliphatic hydroxyl groups is 1. The van der Waals surface area contributed by atoms with E-state index >= 15 is 0 Å². The van der Waals surface area contributed by atoms with Crippen molar-refractivity contribution in [1.82, 2.24) is 0 Å². The molecule has 1 atom stereocenters. The van der Waals surface area contributed by atoms with E-state index in [-0.39, 0.29) is 0 Å². The Labute approximate surface area is 101 Å². The summed E-state index contributed by atoms with van der Waals surface area (Å²) >= 11 is 1.60. The molecule has 1 aromatic carbocycles. The molecule has 1 rings (SSSR count). The normalized spacial score (nSPS) is 12.3. The molecule has 0 fully saturated rings. The highest BCUT2D eigenvalue weighted by Gasteiger charge is 2.15. The minimum Gasteiger partial charge on any atom is -0.496 e. The van der Waals surface area contributed by atoms with Crippen LogP contribution in [0.25, 0.3) is 0 Å². The van der Waals surface area contributed by atoms with E-state index in [4.69, 9.17) is 9.47 Å². The van der Waals surface area contributed by atoms with Gasteiger partial charge in [0, 0.05) is 11.3 Å². The van der Waals surface area contributed by atoms with Gasteiger partial charge >= 0.3 is 0 Å². The van der Waals surface area contributed by atoms with Crippen LogP contribution in [0.5, 0.6) is 11.5 Å². The molecule has 0 spiro atoms. The second-order valence-electron chi connectivity index (χ2n) is 3.53. The van der Waals surface area contributed by atoms with Crippen LogP contribution in [0.4, 0.5) is 0 Å². The quantitative estimate of drug-likeness (QED) is 0.860. The van der Waals surface area contributed by atoms with Crippen LogP contribution in [0.3, 0.4) is 0 Å². The van der Waals surface area contributed by atoms with Gasteiger partial charge in [-0.15, -0.1) is 0 Å². The molecule has 1 N–H and O–H groups in total. The first-order valence-corrected chi connectivity index (χ1v) is 6.43. The van der Waals surface area contributed by atoms with Crippen molar-refractivity contribution in [3.05, 3.63) is 23.3 Å². The number of aliphatic hydroxyl groups excluding tert-OH is 1. The molecule has 1 unspecified atom stereocenters. The van der Waals surface area contributed by atoms with Crippen LogP contribution in [0, 0.1) is 6.92 Å². The van der Waals surface area contributed by atoms with E-state index in [1.807, 2.05) is 25.3 Å². The van der Waals surface area contributed by atoms with Gasteiger partial charge < -0.3 is 14.6 Å². The van der Waals surface area contributed by atoms with Crippen LogP contribution in [-0.2, 0) is 0 Å². The van der Waals surface area contributed by atoms with Crippen LogP contribution < -0.4 is 9.47 Å². The molecular formula is C12H18O3S. The standard InChI is InChI=1S/C12H18O3S/c1-8-5-12(15-3)9(6-11(8)14-2)10(13)7-16-4/h5-6,10,13H,7H2,1-4H3. The first-order valence-electron chi connectivity index (χ1n) is 5.03. The number of benzene rings is 1. The van der Waals surface area contributed by atoms with Crippen LogP contribution in [0.1, 0.15) is 17.2 Å². The average molecular weight is 242 g/mol. The van der Waals surface area contributed by atoms with E-state index in [1.54, 1.807) is 26.0 Å². The van der Waals surface area contributed by atoms with Gasteiger partial charge in [-0.3, -0.25) is 0 Å². The fourth-order valence-corrected chi connectivity index (χ4v) is 2.08. The van der Waals surface area contributed by atoms with Crippen molar-refractivity contribution in [3.8, 4) is 11.5 Å². The summed E-state index contributed by atoms with van der Waals surface area (Å²) in [6, 6.07) is 3.73. The summed E-state index contributed by atoms with van der Waals surface area (Å²) in [5.74, 6) is 2.12. The van der Waals surface area contributed by atoms with E-state index in [9.17, 15) is 5.11 Å². The van der Waals surface area contributed by atoms with Gasteiger partial charge in [0.05, 0.1) is 20.3 Å². The fourth-order valence-electron chi connectivity index (χ4n) is 1.58. The molecule has 0 aliphatic carbocycles. The molecule has 0 aliphatic heterocycles. The zero-order chi connectivity index (χ0) is 12.1. The van der Waals surface area contributed by atoms with Gasteiger partial charge in [0.2, 0.25) is 0 Å². The predicted octanol–water partition coefficient (Wildman–Crippen LogP) is 2.41. The Morgan fingerprint density at radius 2 is 1.88 bits per heavy atom. The van der Waals surface area contributed by atoms with Crippen LogP contribution >= 0.6 is 11.8 Å². The third-order valence-corrected chi connectivity index (χ3v) is 3.08. The Balaban J connectivity index is 3.13. The van der Waals surface area contributed by atoms with Gasteiger partial charge in [-0.2, -0.15) is 11.8 Å². The largest absolute Gasteiger partial charge is 0.496 e. The van der Waals surface area contributed by atoms with E-state index < -0.39 is 6.10 Å². The van der Waals surface area contributed by atoms with E-state index in [2.05, 4.69) is 0 Å². The highest BCUT2D eigenvalue weighted by atomic mass is 32.2. The van der Waals surface area contributed by atoms with Crippen molar-refractivity contribution >= 4 is 11.8 Å². The zero-order valence-corrected chi connectivity index (χ0v) is 10.9. The zero-order valence-electron chi connectivity index (χ0n) is 10.1. The van der Waals surface area contributed by atoms with Gasteiger partial charge in [-0.1, -0.05) is 0 Å². The molecule has 90 valence electrons. The maximum Gasteiger partial charge on any atom is 0.125 e. The summed E-state index contributed by atoms with van der Waals surface area (Å²) in [4.78, 5) is 0. The monoisotopic (exact) mass is 242 g/mol. The number of methoxy groups -OCH3 is 2. The minimum absolute atomic E-state index is 0.528. The molecule has 0 heterocycles. The Morgan fingerprint density at radius 1 is 1.25 bits per heavy atom. The maximum atomic E-state index is 9.99. The Hall–Kier alpha value is -0.870. The molecular weight excluding hydrogens is 224 g/mol. The summed E-state index contributed by atoms with van der Waals surface area (Å²) in [5, 5.41) is 9.99. The average Bonchev–Trinajstić information content (AvgIpc) is 2.28. The maximum absolute atomic E-state index is 9.99. The van der Waals surface area contributed by atoms with Crippen molar-refractivity contribution in [1.29, 1.82) is 0 Å². The first kappa shape index (κ1) is 13.2. The van der Waals surface area contributed by atoms with Crippen molar-refractivity contribution in [3.63, 3.8) is 0 Å². The number of hydrogen-bond donors (Lipinski definition) is 1. The number of thioether (sulfide) groups is 1. The van der Waals surface area contributed by atoms with Crippen molar-refractivity contribution < 1.29 is 14.6 Å². The van der Waals surface area contributed by atoms with E-state index in [0.29, 0.717) is 11.5 Å². The smallest absolute Gasteiger partial charge is 0.125 e. The molecule has 0 aromatic heterocycles. The van der Waals surface area contributed by atoms with Crippen LogP contribution in [0.15, 0.2) is 12.1 Å². The SMILES string of the molecule is COc1cc(C(O)CSC)c(OC)cc1C. The van der Waals surface area contributed by atoms with Crippen molar-refractivity contribution in [2.75, 3.05) is 26.2 Å². The molecule has 1 aromatic rings. The van der Waals surface area contributed by atoms with Crippen molar-refractivity contribution in [2.45, 2.75) is 13.0 Å². The number of rotatable bonds is 5. The molecule has 0 bridgehead atoms. The highest BCUT2D eigenvalue weighted by Crippen LogP contribution is 2.33. The third kappa shape index (κ3) is 2.83. The Bertz CT molecular complexity index is 352. The number of ether oxygens (including phenoxy) is 2. The van der Waals surface area contributed by atoms with Crippen LogP contribution in [0.2, 0.25) is 0 Å². The second kappa shape index (κ2) is 6.01. The topological polar surface area (TPSA) is 38.7 Å². The third-order valence-electron chi connectivity index (χ3n) is 2.43. The molecule has 16 heavy (non-hydrogen) atoms. The molecule has 0 radical (unpaired) electrons. The molecule has 0 amide bonds. The van der Waals surface area contributed by atoms with Gasteiger partial charge in [-0.05, 0) is 30.9 Å². The summed E-state index contributed by atoms with van der Waals surface area (Å²) in [6.07, 6.45) is 1.43. The fraction of sp³-hybridized carbons (Fsp3) is 0.500. The van der Waals surface area contributed by atoms with Gasteiger partial charge in [0.15, 0.2) is 0 Å². The minimum atomic E-state index is -0.528. The van der Waals surface area contributed by atoms with Gasteiger partial charge in [0.25, 0.3) is 0 Å². The van der Waals surface area contributed by atoms with Crippen molar-refractivity contribution in [2.24, 2.45) is 0 Å². The molecule has 4 heteroatoms. The highest BCUT2D eigenvalue weighted by molar-refractivity contribution is 7.98. The van der Waals surface area contributed by atoms with Crippen LogP contribution in [-0.4, -0.2) is 31.3 Å². The Morgan fingerprint density at radius 3 is 2.38 bits per heavy atom. The second-order valence-corrected chi connectivity index (χ2v) is 4.45. The first-order chi connectivity index (χ1) is 7.63. The molecule has 0 saturated carbocycles. The lowest BCUT2D eigenvalue weighted by molar-refractivity contribution is 0.198. The van der Waals surface area contributed by atoms with Gasteiger partial charge in [-0.25, -0.2) is 0 Å². The lowest BCUT2D eigenvalue weighted by Crippen LogP contribution is -2.04.